The summed E-state index contributed by atoms with van der Waals surface area (Å²) in [4.78, 5) is 22.0. The van der Waals surface area contributed by atoms with Crippen LogP contribution in [-0.4, -0.2) is 63.1 Å². The van der Waals surface area contributed by atoms with Crippen LogP contribution in [0, 0.1) is 0 Å². The van der Waals surface area contributed by atoms with Crippen molar-refractivity contribution >= 4 is 22.6 Å². The molecule has 0 spiro atoms. The second-order valence-corrected chi connectivity index (χ2v) is 7.67. The third-order valence-corrected chi connectivity index (χ3v) is 5.63. The number of piperazine rings is 1. The summed E-state index contributed by atoms with van der Waals surface area (Å²) in [6.45, 7) is 5.47. The van der Waals surface area contributed by atoms with Crippen molar-refractivity contribution in [3.63, 3.8) is 0 Å². The molecule has 3 heterocycles. The molecule has 144 valence electrons. The van der Waals surface area contributed by atoms with E-state index in [4.69, 9.17) is 0 Å². The van der Waals surface area contributed by atoms with Crippen LogP contribution in [0.2, 0.25) is 0 Å². The Morgan fingerprint density at radius 2 is 1.93 bits per heavy atom. The predicted molar refractivity (Wildman–Crippen MR) is 108 cm³/mol. The number of amides is 1. The molecule has 2 aromatic heterocycles. The van der Waals surface area contributed by atoms with Crippen molar-refractivity contribution in [3.8, 4) is 0 Å². The second-order valence-electron chi connectivity index (χ2n) is 7.67. The first-order chi connectivity index (χ1) is 13.8. The fourth-order valence-electron chi connectivity index (χ4n) is 3.89. The minimum Gasteiger partial charge on any atom is -0.305 e. The Morgan fingerprint density at radius 3 is 2.68 bits per heavy atom. The number of hydrogen-bond donors (Lipinski definition) is 2. The molecule has 0 radical (unpaired) electrons. The lowest BCUT2D eigenvalue weighted by Gasteiger charge is -2.34. The smallest absolute Gasteiger partial charge is 0.277 e. The van der Waals surface area contributed by atoms with Gasteiger partial charge in [-0.25, -0.2) is 4.98 Å². The van der Waals surface area contributed by atoms with Crippen molar-refractivity contribution in [2.75, 3.05) is 31.5 Å². The molecule has 1 saturated carbocycles. The molecule has 1 aromatic carbocycles. The molecule has 1 amide bonds. The number of nitrogens with one attached hydrogen (secondary N) is 2. The van der Waals surface area contributed by atoms with E-state index < -0.39 is 0 Å². The Hall–Kier alpha value is -2.77. The highest BCUT2D eigenvalue weighted by atomic mass is 16.2. The SMILES string of the molecule is O=C(Nc1ccc(CN2CCN(C3CC3)CC2)cn1)c1n[nH]c2ccccc12. The van der Waals surface area contributed by atoms with Gasteiger partial charge in [-0.15, -0.1) is 0 Å². The number of rotatable bonds is 5. The highest BCUT2D eigenvalue weighted by Gasteiger charge is 2.31. The van der Waals surface area contributed by atoms with Gasteiger partial charge in [-0.05, 0) is 30.5 Å². The summed E-state index contributed by atoms with van der Waals surface area (Å²) in [6.07, 6.45) is 4.61. The van der Waals surface area contributed by atoms with Crippen molar-refractivity contribution in [2.24, 2.45) is 0 Å². The van der Waals surface area contributed by atoms with Gasteiger partial charge in [0.25, 0.3) is 5.91 Å². The molecule has 2 aliphatic rings. The minimum atomic E-state index is -0.256. The number of aromatic amines is 1. The number of hydrogen-bond acceptors (Lipinski definition) is 5. The van der Waals surface area contributed by atoms with Gasteiger partial charge in [0.1, 0.15) is 5.82 Å². The maximum atomic E-state index is 12.5. The molecule has 2 fully saturated rings. The standard InChI is InChI=1S/C21H24N6O/c28-21(20-17-3-1-2-4-18(17)24-25-20)23-19-8-5-15(13-22-19)14-26-9-11-27(12-10-26)16-6-7-16/h1-5,8,13,16H,6-7,9-12,14H2,(H,24,25)(H,22,23,28). The van der Waals surface area contributed by atoms with Crippen LogP contribution < -0.4 is 5.32 Å². The van der Waals surface area contributed by atoms with Crippen molar-refractivity contribution in [2.45, 2.75) is 25.4 Å². The van der Waals surface area contributed by atoms with Gasteiger partial charge in [0, 0.05) is 50.3 Å². The molecule has 0 atom stereocenters. The molecular weight excluding hydrogens is 352 g/mol. The molecule has 5 rings (SSSR count). The molecule has 2 N–H and O–H groups in total. The molecule has 7 nitrogen and oxygen atoms in total. The molecule has 3 aromatic rings. The van der Waals surface area contributed by atoms with E-state index in [2.05, 4.69) is 30.3 Å². The van der Waals surface area contributed by atoms with Gasteiger partial charge in [0.15, 0.2) is 5.69 Å². The monoisotopic (exact) mass is 376 g/mol. The lowest BCUT2D eigenvalue weighted by Crippen LogP contribution is -2.46. The Balaban J connectivity index is 1.19. The van der Waals surface area contributed by atoms with Gasteiger partial charge in [-0.1, -0.05) is 24.3 Å². The Kier molecular flexibility index (Phi) is 4.54. The number of H-pyrrole nitrogens is 1. The first kappa shape index (κ1) is 17.3. The van der Waals surface area contributed by atoms with Crippen molar-refractivity contribution in [1.29, 1.82) is 0 Å². The Labute approximate surface area is 163 Å². The van der Waals surface area contributed by atoms with Gasteiger partial charge >= 0.3 is 0 Å². The van der Waals surface area contributed by atoms with Crippen LogP contribution in [0.25, 0.3) is 10.9 Å². The summed E-state index contributed by atoms with van der Waals surface area (Å²) in [5.74, 6) is 0.285. The number of aromatic nitrogens is 3. The zero-order valence-electron chi connectivity index (χ0n) is 15.8. The van der Waals surface area contributed by atoms with Crippen LogP contribution in [0.1, 0.15) is 28.9 Å². The maximum absolute atomic E-state index is 12.5. The number of benzene rings is 1. The largest absolute Gasteiger partial charge is 0.305 e. The van der Waals surface area contributed by atoms with Crippen LogP contribution in [0.4, 0.5) is 5.82 Å². The molecule has 1 aliphatic carbocycles. The van der Waals surface area contributed by atoms with Crippen LogP contribution in [0.3, 0.4) is 0 Å². The quantitative estimate of drug-likeness (QED) is 0.715. The van der Waals surface area contributed by atoms with E-state index in [-0.39, 0.29) is 5.91 Å². The fraction of sp³-hybridized carbons (Fsp3) is 0.381. The topological polar surface area (TPSA) is 77.2 Å². The predicted octanol–water partition coefficient (Wildman–Crippen LogP) is 2.49. The van der Waals surface area contributed by atoms with E-state index >= 15 is 0 Å². The van der Waals surface area contributed by atoms with E-state index in [9.17, 15) is 4.79 Å². The van der Waals surface area contributed by atoms with E-state index in [1.165, 1.54) is 31.5 Å². The number of para-hydroxylation sites is 1. The van der Waals surface area contributed by atoms with E-state index in [1.54, 1.807) is 0 Å². The molecule has 7 heteroatoms. The number of nitrogens with zero attached hydrogens (tertiary/aromatic N) is 4. The second kappa shape index (κ2) is 7.33. The zero-order valence-corrected chi connectivity index (χ0v) is 15.8. The van der Waals surface area contributed by atoms with Gasteiger partial charge in [-0.2, -0.15) is 5.10 Å². The first-order valence-electron chi connectivity index (χ1n) is 9.92. The highest BCUT2D eigenvalue weighted by Crippen LogP contribution is 2.27. The van der Waals surface area contributed by atoms with Crippen molar-refractivity contribution < 1.29 is 4.79 Å². The fourth-order valence-corrected chi connectivity index (χ4v) is 3.89. The molecule has 0 unspecified atom stereocenters. The molecule has 1 saturated heterocycles. The molecule has 28 heavy (non-hydrogen) atoms. The first-order valence-corrected chi connectivity index (χ1v) is 9.92. The number of fused-ring (bicyclic) bond motifs is 1. The van der Waals surface area contributed by atoms with Crippen LogP contribution in [-0.2, 0) is 6.54 Å². The average molecular weight is 376 g/mol. The van der Waals surface area contributed by atoms with Crippen LogP contribution >= 0.6 is 0 Å². The zero-order chi connectivity index (χ0) is 18.9. The lowest BCUT2D eigenvalue weighted by atomic mass is 10.2. The van der Waals surface area contributed by atoms with Crippen LogP contribution in [0.5, 0.6) is 0 Å². The van der Waals surface area contributed by atoms with Crippen LogP contribution in [0.15, 0.2) is 42.6 Å². The van der Waals surface area contributed by atoms with E-state index in [0.717, 1.165) is 36.6 Å². The summed E-state index contributed by atoms with van der Waals surface area (Å²) in [7, 11) is 0. The number of pyridine rings is 1. The molecule has 0 bridgehead atoms. The molecular formula is C21H24N6O. The summed E-state index contributed by atoms with van der Waals surface area (Å²) in [5.41, 5.74) is 2.40. The summed E-state index contributed by atoms with van der Waals surface area (Å²) in [6, 6.07) is 12.4. The average Bonchev–Trinajstić information content (AvgIpc) is 3.48. The third kappa shape index (κ3) is 3.63. The third-order valence-electron chi connectivity index (χ3n) is 5.63. The summed E-state index contributed by atoms with van der Waals surface area (Å²) >= 11 is 0. The highest BCUT2D eigenvalue weighted by molar-refractivity contribution is 6.10. The summed E-state index contributed by atoms with van der Waals surface area (Å²) < 4.78 is 0. The maximum Gasteiger partial charge on any atom is 0.277 e. The van der Waals surface area contributed by atoms with Crippen molar-refractivity contribution in [3.05, 3.63) is 53.9 Å². The van der Waals surface area contributed by atoms with Gasteiger partial charge in [0.2, 0.25) is 0 Å². The Morgan fingerprint density at radius 1 is 1.11 bits per heavy atom. The molecule has 1 aliphatic heterocycles. The van der Waals surface area contributed by atoms with Gasteiger partial charge in [-0.3, -0.25) is 19.7 Å². The van der Waals surface area contributed by atoms with Crippen molar-refractivity contribution in [1.82, 2.24) is 25.0 Å². The minimum absolute atomic E-state index is 0.256. The van der Waals surface area contributed by atoms with Gasteiger partial charge in [0.05, 0.1) is 5.52 Å². The Bertz CT molecular complexity index is 970. The van der Waals surface area contributed by atoms with E-state index in [1.807, 2.05) is 42.6 Å². The lowest BCUT2D eigenvalue weighted by molar-refractivity contribution is 0.102. The number of carbonyl (C=O) groups excluding carboxylic acids is 1. The normalized spacial score (nSPS) is 18.4. The van der Waals surface area contributed by atoms with Gasteiger partial charge < -0.3 is 5.32 Å². The summed E-state index contributed by atoms with van der Waals surface area (Å²) in [5, 5.41) is 10.7. The number of carbonyl (C=O) groups is 1. The number of anilines is 1. The van der Waals surface area contributed by atoms with E-state index in [0.29, 0.717) is 11.5 Å².